The number of aliphatic hydroxyl groups is 1. The van der Waals surface area contributed by atoms with Crippen molar-refractivity contribution in [3.05, 3.63) is 18.0 Å². The van der Waals surface area contributed by atoms with E-state index in [-0.39, 0.29) is 22.6 Å². The maximum atomic E-state index is 9.52. The zero-order chi connectivity index (χ0) is 12.3. The number of aliphatic hydroxyl groups excluding tert-OH is 1. The quantitative estimate of drug-likeness (QED) is 0.818. The second kappa shape index (κ2) is 5.70. The van der Waals surface area contributed by atoms with E-state index in [1.165, 1.54) is 0 Å². The fourth-order valence-corrected chi connectivity index (χ4v) is 2.65. The molecule has 0 fully saturated rings. The van der Waals surface area contributed by atoms with Gasteiger partial charge in [0.1, 0.15) is 0 Å². The summed E-state index contributed by atoms with van der Waals surface area (Å²) < 4.78 is 1.78. The van der Waals surface area contributed by atoms with E-state index in [2.05, 4.69) is 5.10 Å². The van der Waals surface area contributed by atoms with Crippen LogP contribution in [0.3, 0.4) is 0 Å². The van der Waals surface area contributed by atoms with Crippen molar-refractivity contribution in [2.45, 2.75) is 43.4 Å². The Labute approximate surface area is 101 Å². The van der Waals surface area contributed by atoms with Gasteiger partial charge >= 0.3 is 0 Å². The lowest BCUT2D eigenvalue weighted by atomic mass is 10.1. The molecule has 0 amide bonds. The summed E-state index contributed by atoms with van der Waals surface area (Å²) in [6.45, 7) is 5.81. The van der Waals surface area contributed by atoms with Gasteiger partial charge in [-0.1, -0.05) is 6.92 Å². The van der Waals surface area contributed by atoms with Crippen molar-refractivity contribution in [3.8, 4) is 0 Å². The molecule has 0 aromatic carbocycles. The molecular weight excluding hydrogens is 222 g/mol. The SMILES string of the molecule is CC(N)C(SC(C)C(C)O)c1cnn(C)c1. The van der Waals surface area contributed by atoms with Gasteiger partial charge < -0.3 is 10.8 Å². The summed E-state index contributed by atoms with van der Waals surface area (Å²) in [7, 11) is 1.89. The molecule has 0 radical (unpaired) electrons. The molecule has 0 bridgehead atoms. The number of aryl methyl sites for hydroxylation is 1. The molecule has 0 saturated carbocycles. The van der Waals surface area contributed by atoms with Crippen LogP contribution in [0.1, 0.15) is 31.6 Å². The molecule has 0 aliphatic rings. The van der Waals surface area contributed by atoms with Crippen molar-refractivity contribution in [2.75, 3.05) is 0 Å². The highest BCUT2D eigenvalue weighted by Crippen LogP contribution is 2.35. The summed E-state index contributed by atoms with van der Waals surface area (Å²) in [4.78, 5) is 0. The maximum Gasteiger partial charge on any atom is 0.0628 e. The van der Waals surface area contributed by atoms with Gasteiger partial charge in [0.25, 0.3) is 0 Å². The molecule has 92 valence electrons. The van der Waals surface area contributed by atoms with Gasteiger partial charge in [-0.05, 0) is 13.8 Å². The van der Waals surface area contributed by atoms with Crippen molar-refractivity contribution in [1.82, 2.24) is 9.78 Å². The molecule has 0 aliphatic carbocycles. The van der Waals surface area contributed by atoms with E-state index in [1.807, 2.05) is 33.3 Å². The average Bonchev–Trinajstić information content (AvgIpc) is 2.59. The molecule has 1 aromatic rings. The first-order valence-corrected chi connectivity index (χ1v) is 6.43. The summed E-state index contributed by atoms with van der Waals surface area (Å²) in [6, 6.07) is 0.0374. The molecular formula is C11H21N3OS. The van der Waals surface area contributed by atoms with E-state index < -0.39 is 0 Å². The lowest BCUT2D eigenvalue weighted by Gasteiger charge is -2.24. The molecule has 16 heavy (non-hydrogen) atoms. The summed E-state index contributed by atoms with van der Waals surface area (Å²) in [5.41, 5.74) is 7.11. The molecule has 4 unspecified atom stereocenters. The molecule has 4 nitrogen and oxygen atoms in total. The Kier molecular flexibility index (Phi) is 4.83. The summed E-state index contributed by atoms with van der Waals surface area (Å²) in [6.07, 6.45) is 3.49. The van der Waals surface area contributed by atoms with Crippen molar-refractivity contribution in [2.24, 2.45) is 12.8 Å². The van der Waals surface area contributed by atoms with Gasteiger partial charge in [-0.25, -0.2) is 0 Å². The minimum Gasteiger partial charge on any atom is -0.392 e. The number of nitrogens with two attached hydrogens (primary N) is 1. The van der Waals surface area contributed by atoms with E-state index in [4.69, 9.17) is 5.73 Å². The molecule has 4 atom stereocenters. The minimum atomic E-state index is -0.331. The third kappa shape index (κ3) is 3.50. The van der Waals surface area contributed by atoms with Crippen LogP contribution in [0.25, 0.3) is 0 Å². The molecule has 1 aromatic heterocycles. The van der Waals surface area contributed by atoms with E-state index in [0.717, 1.165) is 5.56 Å². The highest BCUT2D eigenvalue weighted by molar-refractivity contribution is 8.00. The van der Waals surface area contributed by atoms with Crippen LogP contribution >= 0.6 is 11.8 Å². The topological polar surface area (TPSA) is 64.1 Å². The first-order valence-electron chi connectivity index (χ1n) is 5.49. The van der Waals surface area contributed by atoms with Crippen molar-refractivity contribution in [3.63, 3.8) is 0 Å². The van der Waals surface area contributed by atoms with Gasteiger partial charge in [0.15, 0.2) is 0 Å². The Hall–Kier alpha value is -0.520. The van der Waals surface area contributed by atoms with Crippen LogP contribution in [0.2, 0.25) is 0 Å². The molecule has 0 spiro atoms. The second-order valence-electron chi connectivity index (χ2n) is 4.31. The fraction of sp³-hybridized carbons (Fsp3) is 0.727. The third-order valence-electron chi connectivity index (χ3n) is 2.57. The maximum absolute atomic E-state index is 9.52. The van der Waals surface area contributed by atoms with E-state index >= 15 is 0 Å². The van der Waals surface area contributed by atoms with Gasteiger partial charge in [0.2, 0.25) is 0 Å². The Morgan fingerprint density at radius 2 is 2.06 bits per heavy atom. The second-order valence-corrected chi connectivity index (χ2v) is 5.83. The standard InChI is InChI=1S/C11H21N3OS/c1-7(12)11(16-9(3)8(2)15)10-5-13-14(4)6-10/h5-9,11,15H,12H2,1-4H3. The summed E-state index contributed by atoms with van der Waals surface area (Å²) in [5, 5.41) is 14.0. The lowest BCUT2D eigenvalue weighted by molar-refractivity contribution is 0.196. The van der Waals surface area contributed by atoms with Crippen LogP contribution in [0.15, 0.2) is 12.4 Å². The Bertz CT molecular complexity index is 325. The number of nitrogens with zero attached hydrogens (tertiary/aromatic N) is 2. The molecule has 3 N–H and O–H groups in total. The van der Waals surface area contributed by atoms with Gasteiger partial charge in [-0.15, -0.1) is 11.8 Å². The normalized spacial score (nSPS) is 19.1. The highest BCUT2D eigenvalue weighted by atomic mass is 32.2. The van der Waals surface area contributed by atoms with Crippen LogP contribution in [-0.2, 0) is 7.05 Å². The van der Waals surface area contributed by atoms with Gasteiger partial charge in [-0.3, -0.25) is 4.68 Å². The van der Waals surface area contributed by atoms with E-state index in [9.17, 15) is 5.11 Å². The van der Waals surface area contributed by atoms with Crippen LogP contribution in [0.5, 0.6) is 0 Å². The molecule has 0 aliphatic heterocycles. The number of aromatic nitrogens is 2. The lowest BCUT2D eigenvalue weighted by Crippen LogP contribution is -2.26. The van der Waals surface area contributed by atoms with Crippen LogP contribution < -0.4 is 5.73 Å². The third-order valence-corrected chi connectivity index (χ3v) is 4.39. The first kappa shape index (κ1) is 13.5. The Balaban J connectivity index is 2.76. The minimum absolute atomic E-state index is 0.0374. The molecule has 5 heteroatoms. The molecule has 1 heterocycles. The van der Waals surface area contributed by atoms with Crippen LogP contribution in [-0.4, -0.2) is 32.3 Å². The zero-order valence-electron chi connectivity index (χ0n) is 10.3. The number of rotatable bonds is 5. The average molecular weight is 243 g/mol. The summed E-state index contributed by atoms with van der Waals surface area (Å²) >= 11 is 1.70. The highest BCUT2D eigenvalue weighted by Gasteiger charge is 2.23. The van der Waals surface area contributed by atoms with E-state index in [1.54, 1.807) is 23.4 Å². The van der Waals surface area contributed by atoms with Gasteiger partial charge in [-0.2, -0.15) is 5.10 Å². The smallest absolute Gasteiger partial charge is 0.0628 e. The molecule has 1 rings (SSSR count). The van der Waals surface area contributed by atoms with Crippen molar-refractivity contribution < 1.29 is 5.11 Å². The fourth-order valence-electron chi connectivity index (χ4n) is 1.44. The van der Waals surface area contributed by atoms with Crippen molar-refractivity contribution in [1.29, 1.82) is 0 Å². The van der Waals surface area contributed by atoms with E-state index in [0.29, 0.717) is 0 Å². The summed E-state index contributed by atoms with van der Waals surface area (Å²) in [5.74, 6) is 0. The molecule has 0 saturated heterocycles. The first-order chi connectivity index (χ1) is 7.41. The van der Waals surface area contributed by atoms with Crippen LogP contribution in [0, 0.1) is 0 Å². The van der Waals surface area contributed by atoms with Gasteiger partial charge in [0.05, 0.1) is 12.3 Å². The zero-order valence-corrected chi connectivity index (χ0v) is 11.1. The predicted molar refractivity (Wildman–Crippen MR) is 68.3 cm³/mol. The van der Waals surface area contributed by atoms with Crippen LogP contribution in [0.4, 0.5) is 0 Å². The Morgan fingerprint density at radius 1 is 1.44 bits per heavy atom. The number of hydrogen-bond acceptors (Lipinski definition) is 4. The van der Waals surface area contributed by atoms with Gasteiger partial charge in [0, 0.05) is 35.3 Å². The monoisotopic (exact) mass is 243 g/mol. The number of thioether (sulfide) groups is 1. The predicted octanol–water partition coefficient (Wildman–Crippen LogP) is 1.31. The Morgan fingerprint density at radius 3 is 2.44 bits per heavy atom. The van der Waals surface area contributed by atoms with Crippen molar-refractivity contribution >= 4 is 11.8 Å². The number of hydrogen-bond donors (Lipinski definition) is 2. The largest absolute Gasteiger partial charge is 0.392 e.